The van der Waals surface area contributed by atoms with Crippen LogP contribution < -0.4 is 10.6 Å². The largest absolute Gasteiger partial charge is 0.369 e. The molecule has 1 aliphatic rings. The third-order valence-electron chi connectivity index (χ3n) is 3.06. The molecule has 1 fully saturated rings. The molecule has 1 amide bonds. The van der Waals surface area contributed by atoms with Gasteiger partial charge in [-0.15, -0.1) is 0 Å². The number of nitriles is 1. The summed E-state index contributed by atoms with van der Waals surface area (Å²) in [4.78, 5) is 21.6. The monoisotopic (exact) mass is 245 g/mol. The summed E-state index contributed by atoms with van der Waals surface area (Å²) in [5.41, 5.74) is 6.43. The van der Waals surface area contributed by atoms with Gasteiger partial charge in [0.25, 0.3) is 0 Å². The van der Waals surface area contributed by atoms with Crippen LogP contribution in [0.1, 0.15) is 24.2 Å². The lowest BCUT2D eigenvalue weighted by Gasteiger charge is -2.31. The first-order valence-corrected chi connectivity index (χ1v) is 5.90. The van der Waals surface area contributed by atoms with E-state index in [9.17, 15) is 4.79 Å². The molecule has 6 nitrogen and oxygen atoms in total. The topological polar surface area (TPSA) is 95.9 Å². The average Bonchev–Trinajstić information content (AvgIpc) is 2.38. The van der Waals surface area contributed by atoms with E-state index in [2.05, 4.69) is 9.97 Å². The average molecular weight is 245 g/mol. The van der Waals surface area contributed by atoms with Crippen LogP contribution in [-0.4, -0.2) is 29.0 Å². The first-order chi connectivity index (χ1) is 8.60. The van der Waals surface area contributed by atoms with Gasteiger partial charge >= 0.3 is 0 Å². The Kier molecular flexibility index (Phi) is 3.42. The molecule has 1 unspecified atom stereocenters. The molecule has 1 saturated heterocycles. The summed E-state index contributed by atoms with van der Waals surface area (Å²) in [6.45, 7) is 3.14. The van der Waals surface area contributed by atoms with E-state index in [-0.39, 0.29) is 11.8 Å². The van der Waals surface area contributed by atoms with Crippen LogP contribution in [0.4, 0.5) is 5.95 Å². The number of nitrogens with two attached hydrogens (primary N) is 1. The number of piperidine rings is 1. The number of primary amides is 1. The summed E-state index contributed by atoms with van der Waals surface area (Å²) in [6.07, 6.45) is 1.69. The van der Waals surface area contributed by atoms with Gasteiger partial charge in [0.1, 0.15) is 11.8 Å². The Morgan fingerprint density at radius 2 is 2.39 bits per heavy atom. The number of aromatic nitrogens is 2. The van der Waals surface area contributed by atoms with Gasteiger partial charge in [-0.25, -0.2) is 9.97 Å². The molecule has 0 aliphatic carbocycles. The van der Waals surface area contributed by atoms with Crippen molar-refractivity contribution in [1.82, 2.24) is 9.97 Å². The van der Waals surface area contributed by atoms with Crippen LogP contribution in [0.2, 0.25) is 0 Å². The zero-order valence-electron chi connectivity index (χ0n) is 10.3. The van der Waals surface area contributed by atoms with Crippen molar-refractivity contribution in [3.63, 3.8) is 0 Å². The summed E-state index contributed by atoms with van der Waals surface area (Å²) >= 11 is 0. The van der Waals surface area contributed by atoms with Crippen molar-refractivity contribution in [3.8, 4) is 6.07 Å². The quantitative estimate of drug-likeness (QED) is 0.811. The molecule has 1 atom stereocenters. The highest BCUT2D eigenvalue weighted by molar-refractivity contribution is 5.77. The maximum atomic E-state index is 11.2. The molecule has 0 saturated carbocycles. The zero-order chi connectivity index (χ0) is 13.1. The predicted octanol–water partition coefficient (Wildman–Crippen LogP) is 0.358. The van der Waals surface area contributed by atoms with E-state index in [1.165, 1.54) is 0 Å². The van der Waals surface area contributed by atoms with E-state index in [0.29, 0.717) is 18.2 Å². The van der Waals surface area contributed by atoms with Crippen LogP contribution in [-0.2, 0) is 4.79 Å². The highest BCUT2D eigenvalue weighted by Crippen LogP contribution is 2.20. The highest BCUT2D eigenvalue weighted by Gasteiger charge is 2.25. The molecular formula is C12H15N5O. The second-order valence-electron chi connectivity index (χ2n) is 4.49. The van der Waals surface area contributed by atoms with Crippen molar-refractivity contribution in [2.45, 2.75) is 19.8 Å². The van der Waals surface area contributed by atoms with Crippen LogP contribution in [0.3, 0.4) is 0 Å². The minimum atomic E-state index is -0.284. The maximum Gasteiger partial charge on any atom is 0.226 e. The third-order valence-corrected chi connectivity index (χ3v) is 3.06. The van der Waals surface area contributed by atoms with E-state index in [4.69, 9.17) is 11.0 Å². The highest BCUT2D eigenvalue weighted by atomic mass is 16.1. The lowest BCUT2D eigenvalue weighted by atomic mass is 9.98. The summed E-state index contributed by atoms with van der Waals surface area (Å²) in [5, 5.41) is 8.89. The van der Waals surface area contributed by atoms with Gasteiger partial charge in [0.15, 0.2) is 0 Å². The zero-order valence-corrected chi connectivity index (χ0v) is 10.3. The predicted molar refractivity (Wildman–Crippen MR) is 65.6 cm³/mol. The number of anilines is 1. The van der Waals surface area contributed by atoms with Gasteiger partial charge < -0.3 is 10.6 Å². The maximum absolute atomic E-state index is 11.2. The second-order valence-corrected chi connectivity index (χ2v) is 4.49. The van der Waals surface area contributed by atoms with Gasteiger partial charge in [0, 0.05) is 18.8 Å². The lowest BCUT2D eigenvalue weighted by molar-refractivity contribution is -0.122. The van der Waals surface area contributed by atoms with Crippen LogP contribution in [0.15, 0.2) is 6.07 Å². The van der Waals surface area contributed by atoms with Crippen LogP contribution in [0, 0.1) is 24.2 Å². The molecular weight excluding hydrogens is 230 g/mol. The van der Waals surface area contributed by atoms with Gasteiger partial charge in [-0.2, -0.15) is 5.26 Å². The molecule has 0 aromatic carbocycles. The molecule has 0 bridgehead atoms. The van der Waals surface area contributed by atoms with Gasteiger partial charge in [0.2, 0.25) is 11.9 Å². The summed E-state index contributed by atoms with van der Waals surface area (Å²) in [7, 11) is 0. The Bertz CT molecular complexity index is 508. The number of carbonyl (C=O) groups excluding carboxylic acids is 1. The lowest BCUT2D eigenvalue weighted by Crippen LogP contribution is -2.42. The number of rotatable bonds is 2. The molecule has 18 heavy (non-hydrogen) atoms. The van der Waals surface area contributed by atoms with E-state index in [0.717, 1.165) is 25.1 Å². The van der Waals surface area contributed by atoms with Crippen molar-refractivity contribution in [2.75, 3.05) is 18.0 Å². The molecule has 6 heteroatoms. The fraction of sp³-hybridized carbons (Fsp3) is 0.500. The van der Waals surface area contributed by atoms with E-state index in [1.807, 2.05) is 17.9 Å². The van der Waals surface area contributed by atoms with E-state index < -0.39 is 0 Å². The standard InChI is InChI=1S/C12H15N5O/c1-8-5-10(6-13)16-12(15-8)17-4-2-3-9(7-17)11(14)18/h5,9H,2-4,7H2,1H3,(H2,14,18). The van der Waals surface area contributed by atoms with E-state index >= 15 is 0 Å². The third kappa shape index (κ3) is 2.56. The van der Waals surface area contributed by atoms with Crippen molar-refractivity contribution < 1.29 is 4.79 Å². The molecule has 0 radical (unpaired) electrons. The number of aryl methyl sites for hydroxylation is 1. The fourth-order valence-corrected chi connectivity index (χ4v) is 2.14. The van der Waals surface area contributed by atoms with Crippen LogP contribution in [0.25, 0.3) is 0 Å². The Morgan fingerprint density at radius 3 is 3.06 bits per heavy atom. The fourth-order valence-electron chi connectivity index (χ4n) is 2.14. The van der Waals surface area contributed by atoms with Crippen molar-refractivity contribution in [1.29, 1.82) is 5.26 Å². The SMILES string of the molecule is Cc1cc(C#N)nc(N2CCCC(C(N)=O)C2)n1. The number of hydrogen-bond donors (Lipinski definition) is 1. The smallest absolute Gasteiger partial charge is 0.226 e. The Morgan fingerprint density at radius 1 is 1.61 bits per heavy atom. The molecule has 1 aromatic rings. The van der Waals surface area contributed by atoms with Gasteiger partial charge in [-0.3, -0.25) is 4.79 Å². The van der Waals surface area contributed by atoms with Gasteiger partial charge in [-0.05, 0) is 25.8 Å². The molecule has 1 aliphatic heterocycles. The molecule has 1 aromatic heterocycles. The van der Waals surface area contributed by atoms with Crippen molar-refractivity contribution >= 4 is 11.9 Å². The van der Waals surface area contributed by atoms with Crippen LogP contribution in [0.5, 0.6) is 0 Å². The van der Waals surface area contributed by atoms with Crippen molar-refractivity contribution in [3.05, 3.63) is 17.5 Å². The normalized spacial score (nSPS) is 19.3. The summed E-state index contributed by atoms with van der Waals surface area (Å²) in [5.74, 6) is 0.0683. The molecule has 0 spiro atoms. The first-order valence-electron chi connectivity index (χ1n) is 5.90. The van der Waals surface area contributed by atoms with Gasteiger partial charge in [0.05, 0.1) is 5.92 Å². The number of carbonyl (C=O) groups is 1. The minimum Gasteiger partial charge on any atom is -0.369 e. The Hall–Kier alpha value is -2.16. The molecule has 2 N–H and O–H groups in total. The molecule has 2 rings (SSSR count). The molecule has 94 valence electrons. The first kappa shape index (κ1) is 12.3. The van der Waals surface area contributed by atoms with Crippen molar-refractivity contribution in [2.24, 2.45) is 11.7 Å². The van der Waals surface area contributed by atoms with E-state index in [1.54, 1.807) is 6.07 Å². The second kappa shape index (κ2) is 5.00. The van der Waals surface area contributed by atoms with Gasteiger partial charge in [-0.1, -0.05) is 0 Å². The molecule has 2 heterocycles. The summed E-state index contributed by atoms with van der Waals surface area (Å²) in [6, 6.07) is 3.65. The summed E-state index contributed by atoms with van der Waals surface area (Å²) < 4.78 is 0. The number of hydrogen-bond acceptors (Lipinski definition) is 5. The Labute approximate surface area is 105 Å². The minimum absolute atomic E-state index is 0.159. The number of amides is 1. The van der Waals surface area contributed by atoms with Crippen LogP contribution >= 0.6 is 0 Å². The Balaban J connectivity index is 2.23. The number of nitrogens with zero attached hydrogens (tertiary/aromatic N) is 4.